The predicted molar refractivity (Wildman–Crippen MR) is 60.3 cm³/mol. The molecule has 88 valence electrons. The fourth-order valence-electron chi connectivity index (χ4n) is 1.38. The maximum atomic E-state index is 11.0. The van der Waals surface area contributed by atoms with E-state index in [0.29, 0.717) is 16.3 Å². The van der Waals surface area contributed by atoms with Crippen LogP contribution in [0.15, 0.2) is 18.2 Å². The first-order chi connectivity index (χ1) is 7.60. The van der Waals surface area contributed by atoms with Gasteiger partial charge in [-0.05, 0) is 17.7 Å². The first-order valence-corrected chi connectivity index (χ1v) is 5.03. The predicted octanol–water partition coefficient (Wildman–Crippen LogP) is 2.16. The number of hydrogen-bond acceptors (Lipinski definition) is 3. The molecule has 0 spiro atoms. The van der Waals surface area contributed by atoms with Crippen molar-refractivity contribution in [2.75, 3.05) is 20.8 Å². The lowest BCUT2D eigenvalue weighted by Crippen LogP contribution is -2.16. The highest BCUT2D eigenvalue weighted by molar-refractivity contribution is 6.32. The second-order valence-electron chi connectivity index (χ2n) is 3.24. The summed E-state index contributed by atoms with van der Waals surface area (Å²) in [7, 11) is 2.96. The number of benzene rings is 1. The van der Waals surface area contributed by atoms with Crippen LogP contribution in [0.25, 0.3) is 0 Å². The number of ether oxygens (including phenoxy) is 2. The Morgan fingerprint density at radius 2 is 2.19 bits per heavy atom. The zero-order valence-corrected chi connectivity index (χ0v) is 9.82. The van der Waals surface area contributed by atoms with E-state index >= 15 is 0 Å². The molecule has 0 saturated carbocycles. The summed E-state index contributed by atoms with van der Waals surface area (Å²) in [4.78, 5) is 11.0. The third-order valence-electron chi connectivity index (χ3n) is 2.21. The normalized spacial score (nSPS) is 12.2. The number of carboxylic acids is 1. The standard InChI is InChI=1S/C11H13ClO4/c1-15-6-8(11(13)14)7-3-4-10(16-2)9(12)5-7/h3-5,8H,6H2,1-2H3,(H,13,14). The van der Waals surface area contributed by atoms with Crippen molar-refractivity contribution in [3.63, 3.8) is 0 Å². The summed E-state index contributed by atoms with van der Waals surface area (Å²) in [5.74, 6) is -1.14. The van der Waals surface area contributed by atoms with E-state index < -0.39 is 11.9 Å². The molecule has 1 aromatic rings. The van der Waals surface area contributed by atoms with Crippen molar-refractivity contribution < 1.29 is 19.4 Å². The van der Waals surface area contributed by atoms with Crippen LogP contribution in [-0.2, 0) is 9.53 Å². The maximum Gasteiger partial charge on any atom is 0.313 e. The van der Waals surface area contributed by atoms with Crippen LogP contribution < -0.4 is 4.74 Å². The summed E-state index contributed by atoms with van der Waals surface area (Å²) in [6.07, 6.45) is 0. The van der Waals surface area contributed by atoms with E-state index in [1.165, 1.54) is 14.2 Å². The fourth-order valence-corrected chi connectivity index (χ4v) is 1.64. The lowest BCUT2D eigenvalue weighted by Gasteiger charge is -2.13. The Morgan fingerprint density at radius 1 is 1.50 bits per heavy atom. The lowest BCUT2D eigenvalue weighted by molar-refractivity contribution is -0.140. The molecule has 0 heterocycles. The van der Waals surface area contributed by atoms with Gasteiger partial charge in [-0.3, -0.25) is 4.79 Å². The van der Waals surface area contributed by atoms with E-state index in [9.17, 15) is 4.79 Å². The summed E-state index contributed by atoms with van der Waals surface area (Å²) in [6.45, 7) is 0.109. The van der Waals surface area contributed by atoms with Gasteiger partial charge in [0.2, 0.25) is 0 Å². The minimum atomic E-state index is -0.942. The van der Waals surface area contributed by atoms with E-state index in [4.69, 9.17) is 26.2 Å². The molecule has 0 aliphatic heterocycles. The molecule has 4 nitrogen and oxygen atoms in total. The van der Waals surface area contributed by atoms with Gasteiger partial charge in [0.05, 0.1) is 18.7 Å². The molecule has 1 N–H and O–H groups in total. The molecule has 5 heteroatoms. The third-order valence-corrected chi connectivity index (χ3v) is 2.51. The van der Waals surface area contributed by atoms with E-state index in [-0.39, 0.29) is 6.61 Å². The number of hydrogen-bond donors (Lipinski definition) is 1. The van der Waals surface area contributed by atoms with Gasteiger partial charge in [-0.15, -0.1) is 0 Å². The molecule has 0 amide bonds. The van der Waals surface area contributed by atoms with Gasteiger partial charge >= 0.3 is 5.97 Å². The Bertz CT molecular complexity index is 378. The first-order valence-electron chi connectivity index (χ1n) is 4.65. The van der Waals surface area contributed by atoms with Gasteiger partial charge in [0.15, 0.2) is 0 Å². The molecule has 0 fully saturated rings. The molecule has 1 rings (SSSR count). The Kier molecular flexibility index (Phi) is 4.58. The molecule has 1 atom stereocenters. The van der Waals surface area contributed by atoms with Gasteiger partial charge in [0.25, 0.3) is 0 Å². The molecule has 1 aromatic carbocycles. The highest BCUT2D eigenvalue weighted by Gasteiger charge is 2.20. The average Bonchev–Trinajstić information content (AvgIpc) is 2.25. The van der Waals surface area contributed by atoms with Gasteiger partial charge in [-0.2, -0.15) is 0 Å². The quantitative estimate of drug-likeness (QED) is 0.863. The highest BCUT2D eigenvalue weighted by atomic mass is 35.5. The van der Waals surface area contributed by atoms with E-state index in [2.05, 4.69) is 0 Å². The Morgan fingerprint density at radius 3 is 2.62 bits per heavy atom. The summed E-state index contributed by atoms with van der Waals surface area (Å²) in [5, 5.41) is 9.41. The van der Waals surface area contributed by atoms with Crippen molar-refractivity contribution in [3.8, 4) is 5.75 Å². The van der Waals surface area contributed by atoms with E-state index in [1.807, 2.05) is 0 Å². The number of carboxylic acid groups (broad SMARTS) is 1. The van der Waals surface area contributed by atoms with Crippen LogP contribution >= 0.6 is 11.6 Å². The monoisotopic (exact) mass is 244 g/mol. The molecular formula is C11H13ClO4. The number of rotatable bonds is 5. The van der Waals surface area contributed by atoms with E-state index in [1.54, 1.807) is 18.2 Å². The van der Waals surface area contributed by atoms with Gasteiger partial charge < -0.3 is 14.6 Å². The summed E-state index contributed by atoms with van der Waals surface area (Å²) in [6, 6.07) is 4.89. The Labute approximate surface area is 98.7 Å². The van der Waals surface area contributed by atoms with Crippen molar-refractivity contribution in [3.05, 3.63) is 28.8 Å². The molecule has 1 unspecified atom stereocenters. The fraction of sp³-hybridized carbons (Fsp3) is 0.364. The number of methoxy groups -OCH3 is 2. The molecule has 0 aliphatic rings. The molecule has 0 radical (unpaired) electrons. The van der Waals surface area contributed by atoms with Crippen LogP contribution in [0.2, 0.25) is 5.02 Å². The summed E-state index contributed by atoms with van der Waals surface area (Å²) < 4.78 is 9.85. The average molecular weight is 245 g/mol. The third kappa shape index (κ3) is 2.87. The number of aliphatic carboxylic acids is 1. The van der Waals surface area contributed by atoms with Crippen LogP contribution in [-0.4, -0.2) is 31.9 Å². The second-order valence-corrected chi connectivity index (χ2v) is 3.65. The molecule has 0 aliphatic carbocycles. The van der Waals surface area contributed by atoms with Crippen molar-refractivity contribution in [1.82, 2.24) is 0 Å². The molecule has 0 aromatic heterocycles. The lowest BCUT2D eigenvalue weighted by atomic mass is 10.0. The van der Waals surface area contributed by atoms with Crippen molar-refractivity contribution >= 4 is 17.6 Å². The smallest absolute Gasteiger partial charge is 0.313 e. The van der Waals surface area contributed by atoms with Crippen LogP contribution in [0.4, 0.5) is 0 Å². The van der Waals surface area contributed by atoms with Gasteiger partial charge in [-0.25, -0.2) is 0 Å². The van der Waals surface area contributed by atoms with E-state index in [0.717, 1.165) is 0 Å². The van der Waals surface area contributed by atoms with Crippen LogP contribution in [0.3, 0.4) is 0 Å². The van der Waals surface area contributed by atoms with Crippen molar-refractivity contribution in [1.29, 1.82) is 0 Å². The minimum absolute atomic E-state index is 0.109. The molecular weight excluding hydrogens is 232 g/mol. The Hall–Kier alpha value is -1.26. The van der Waals surface area contributed by atoms with Crippen molar-refractivity contribution in [2.45, 2.75) is 5.92 Å². The largest absolute Gasteiger partial charge is 0.495 e. The Balaban J connectivity index is 3.01. The van der Waals surface area contributed by atoms with Crippen LogP contribution in [0.5, 0.6) is 5.75 Å². The molecule has 16 heavy (non-hydrogen) atoms. The molecule has 0 saturated heterocycles. The number of halogens is 1. The zero-order valence-electron chi connectivity index (χ0n) is 9.07. The molecule has 0 bridgehead atoms. The topological polar surface area (TPSA) is 55.8 Å². The highest BCUT2D eigenvalue weighted by Crippen LogP contribution is 2.28. The number of carbonyl (C=O) groups is 1. The summed E-state index contributed by atoms with van der Waals surface area (Å²) >= 11 is 5.92. The second kappa shape index (κ2) is 5.72. The van der Waals surface area contributed by atoms with Gasteiger partial charge in [0, 0.05) is 7.11 Å². The first kappa shape index (κ1) is 12.8. The SMILES string of the molecule is COCC(C(=O)O)c1ccc(OC)c(Cl)c1. The van der Waals surface area contributed by atoms with Gasteiger partial charge in [0.1, 0.15) is 11.7 Å². The summed E-state index contributed by atoms with van der Waals surface area (Å²) in [5.41, 5.74) is 0.597. The minimum Gasteiger partial charge on any atom is -0.495 e. The van der Waals surface area contributed by atoms with Gasteiger partial charge in [-0.1, -0.05) is 17.7 Å². The van der Waals surface area contributed by atoms with Crippen molar-refractivity contribution in [2.24, 2.45) is 0 Å². The zero-order chi connectivity index (χ0) is 12.1. The van der Waals surface area contributed by atoms with Crippen LogP contribution in [0.1, 0.15) is 11.5 Å². The van der Waals surface area contributed by atoms with Crippen LogP contribution in [0, 0.1) is 0 Å². The maximum absolute atomic E-state index is 11.0.